The van der Waals surface area contributed by atoms with Gasteiger partial charge in [-0.05, 0) is 55.0 Å². The number of rotatable bonds is 5. The first-order chi connectivity index (χ1) is 12.3. The normalized spacial score (nSPS) is 19.0. The van der Waals surface area contributed by atoms with E-state index in [0.29, 0.717) is 6.54 Å². The van der Waals surface area contributed by atoms with Crippen LogP contribution in [0.5, 0.6) is 0 Å². The lowest BCUT2D eigenvalue weighted by molar-refractivity contribution is -0.123. The Bertz CT molecular complexity index is 891. The van der Waals surface area contributed by atoms with Crippen LogP contribution in [-0.2, 0) is 21.2 Å². The SMILES string of the molecule is C[C@H](NC(=O)CN1CCc2sccc2[C@H]1C)c1ccc(S(N)(=O)=O)cc1. The third-order valence-corrected chi connectivity index (χ3v) is 6.76. The molecule has 0 saturated carbocycles. The fourth-order valence-electron chi connectivity index (χ4n) is 3.28. The molecule has 1 aliphatic rings. The molecule has 0 unspecified atom stereocenters. The monoisotopic (exact) mass is 393 g/mol. The zero-order chi connectivity index (χ0) is 18.9. The standard InChI is InChI=1S/C18H23N3O3S2/c1-12(14-3-5-15(6-4-14)26(19,23)24)20-18(22)11-21-9-7-17-16(13(21)2)8-10-25-17/h3-6,8,10,12-13H,7,9,11H2,1-2H3,(H,20,22)(H2,19,23,24)/t12-,13+/m0/s1. The molecule has 2 aromatic rings. The Hall–Kier alpha value is -1.74. The molecular weight excluding hydrogens is 370 g/mol. The van der Waals surface area contributed by atoms with Crippen molar-refractivity contribution < 1.29 is 13.2 Å². The Labute approximate surface area is 158 Å². The van der Waals surface area contributed by atoms with Gasteiger partial charge < -0.3 is 5.32 Å². The second-order valence-electron chi connectivity index (χ2n) is 6.60. The van der Waals surface area contributed by atoms with Crippen LogP contribution in [0.15, 0.2) is 40.6 Å². The van der Waals surface area contributed by atoms with Gasteiger partial charge in [-0.25, -0.2) is 13.6 Å². The average molecular weight is 394 g/mol. The van der Waals surface area contributed by atoms with Crippen LogP contribution in [0.1, 0.15) is 41.9 Å². The van der Waals surface area contributed by atoms with Gasteiger partial charge in [0.15, 0.2) is 0 Å². The number of primary sulfonamides is 1. The van der Waals surface area contributed by atoms with Crippen molar-refractivity contribution in [3.05, 3.63) is 51.7 Å². The van der Waals surface area contributed by atoms with Crippen LogP contribution in [0.25, 0.3) is 0 Å². The molecule has 1 amide bonds. The minimum atomic E-state index is -3.71. The highest BCUT2D eigenvalue weighted by Crippen LogP contribution is 2.32. The van der Waals surface area contributed by atoms with Crippen LogP contribution in [-0.4, -0.2) is 32.3 Å². The number of hydrogen-bond acceptors (Lipinski definition) is 5. The van der Waals surface area contributed by atoms with E-state index in [1.807, 2.05) is 6.92 Å². The van der Waals surface area contributed by atoms with Gasteiger partial charge in [0.05, 0.1) is 17.5 Å². The average Bonchev–Trinajstić information content (AvgIpc) is 3.06. The molecule has 140 valence electrons. The van der Waals surface area contributed by atoms with E-state index in [2.05, 4.69) is 28.6 Å². The Morgan fingerprint density at radius 3 is 2.69 bits per heavy atom. The number of carbonyl (C=O) groups is 1. The van der Waals surface area contributed by atoms with Crippen LogP contribution in [0.3, 0.4) is 0 Å². The van der Waals surface area contributed by atoms with E-state index in [9.17, 15) is 13.2 Å². The van der Waals surface area contributed by atoms with E-state index >= 15 is 0 Å². The Morgan fingerprint density at radius 2 is 2.04 bits per heavy atom. The molecule has 1 aromatic carbocycles. The molecular formula is C18H23N3O3S2. The summed E-state index contributed by atoms with van der Waals surface area (Å²) in [6, 6.07) is 8.42. The minimum Gasteiger partial charge on any atom is -0.348 e. The first-order valence-electron chi connectivity index (χ1n) is 8.48. The molecule has 1 aliphatic heterocycles. The number of carbonyl (C=O) groups excluding carboxylic acids is 1. The molecule has 0 aliphatic carbocycles. The minimum absolute atomic E-state index is 0.0430. The van der Waals surface area contributed by atoms with Crippen molar-refractivity contribution in [2.75, 3.05) is 13.1 Å². The lowest BCUT2D eigenvalue weighted by atomic mass is 10.0. The van der Waals surface area contributed by atoms with E-state index in [4.69, 9.17) is 5.14 Å². The number of nitrogens with one attached hydrogen (secondary N) is 1. The molecule has 2 atom stereocenters. The van der Waals surface area contributed by atoms with Crippen molar-refractivity contribution in [2.24, 2.45) is 5.14 Å². The summed E-state index contributed by atoms with van der Waals surface area (Å²) in [5.41, 5.74) is 2.15. The van der Waals surface area contributed by atoms with Gasteiger partial charge in [-0.15, -0.1) is 11.3 Å². The number of fused-ring (bicyclic) bond motifs is 1. The molecule has 1 aromatic heterocycles. The van der Waals surface area contributed by atoms with Crippen molar-refractivity contribution in [3.8, 4) is 0 Å². The third kappa shape index (κ3) is 4.15. The van der Waals surface area contributed by atoms with Gasteiger partial charge in [-0.3, -0.25) is 9.69 Å². The highest BCUT2D eigenvalue weighted by atomic mass is 32.2. The lowest BCUT2D eigenvalue weighted by Crippen LogP contribution is -2.42. The van der Waals surface area contributed by atoms with Crippen molar-refractivity contribution in [3.63, 3.8) is 0 Å². The van der Waals surface area contributed by atoms with Crippen molar-refractivity contribution in [2.45, 2.75) is 37.2 Å². The van der Waals surface area contributed by atoms with E-state index in [-0.39, 0.29) is 22.9 Å². The fraction of sp³-hybridized carbons (Fsp3) is 0.389. The summed E-state index contributed by atoms with van der Waals surface area (Å²) in [4.78, 5) is 16.1. The quantitative estimate of drug-likeness (QED) is 0.814. The summed E-state index contributed by atoms with van der Waals surface area (Å²) < 4.78 is 22.6. The van der Waals surface area contributed by atoms with E-state index in [0.717, 1.165) is 18.5 Å². The summed E-state index contributed by atoms with van der Waals surface area (Å²) in [7, 11) is -3.71. The van der Waals surface area contributed by atoms with Gasteiger partial charge in [0.1, 0.15) is 0 Å². The van der Waals surface area contributed by atoms with Crippen LogP contribution < -0.4 is 10.5 Å². The number of benzene rings is 1. The molecule has 8 heteroatoms. The molecule has 3 rings (SSSR count). The van der Waals surface area contributed by atoms with Crippen LogP contribution in [0.4, 0.5) is 0 Å². The van der Waals surface area contributed by atoms with Gasteiger partial charge in [0.2, 0.25) is 15.9 Å². The number of amides is 1. The fourth-order valence-corrected chi connectivity index (χ4v) is 4.76. The predicted octanol–water partition coefficient (Wildman–Crippen LogP) is 2.19. The second kappa shape index (κ2) is 7.48. The van der Waals surface area contributed by atoms with Crippen LogP contribution in [0.2, 0.25) is 0 Å². The summed E-state index contributed by atoms with van der Waals surface area (Å²) in [5, 5.41) is 10.2. The topological polar surface area (TPSA) is 92.5 Å². The van der Waals surface area contributed by atoms with E-state index in [1.165, 1.54) is 22.6 Å². The van der Waals surface area contributed by atoms with Crippen LogP contribution >= 0.6 is 11.3 Å². The first kappa shape index (κ1) is 19.0. The zero-order valence-electron chi connectivity index (χ0n) is 14.8. The van der Waals surface area contributed by atoms with E-state index in [1.54, 1.807) is 23.5 Å². The molecule has 0 fully saturated rings. The third-order valence-electron chi connectivity index (χ3n) is 4.84. The smallest absolute Gasteiger partial charge is 0.238 e. The molecule has 0 saturated heterocycles. The maximum atomic E-state index is 12.5. The molecule has 26 heavy (non-hydrogen) atoms. The largest absolute Gasteiger partial charge is 0.348 e. The lowest BCUT2D eigenvalue weighted by Gasteiger charge is -2.33. The Balaban J connectivity index is 1.60. The zero-order valence-corrected chi connectivity index (χ0v) is 16.4. The van der Waals surface area contributed by atoms with Gasteiger partial charge >= 0.3 is 0 Å². The number of hydrogen-bond donors (Lipinski definition) is 2. The molecule has 3 N–H and O–H groups in total. The summed E-state index contributed by atoms with van der Waals surface area (Å²) in [6.45, 7) is 5.23. The summed E-state index contributed by atoms with van der Waals surface area (Å²) in [5.74, 6) is -0.0430. The number of thiophene rings is 1. The number of sulfonamides is 1. The van der Waals surface area contributed by atoms with Gasteiger partial charge in [0.25, 0.3) is 0 Å². The van der Waals surface area contributed by atoms with Gasteiger partial charge in [-0.2, -0.15) is 0 Å². The van der Waals surface area contributed by atoms with Gasteiger partial charge in [0, 0.05) is 17.5 Å². The predicted molar refractivity (Wildman–Crippen MR) is 102 cm³/mol. The van der Waals surface area contributed by atoms with Crippen LogP contribution in [0, 0.1) is 0 Å². The first-order valence-corrected chi connectivity index (χ1v) is 10.9. The number of nitrogens with zero attached hydrogens (tertiary/aromatic N) is 1. The number of nitrogens with two attached hydrogens (primary N) is 1. The maximum Gasteiger partial charge on any atom is 0.238 e. The molecule has 6 nitrogen and oxygen atoms in total. The van der Waals surface area contributed by atoms with Crippen molar-refractivity contribution in [1.29, 1.82) is 0 Å². The highest BCUT2D eigenvalue weighted by molar-refractivity contribution is 7.89. The van der Waals surface area contributed by atoms with Gasteiger partial charge in [-0.1, -0.05) is 12.1 Å². The van der Waals surface area contributed by atoms with Crippen molar-refractivity contribution in [1.82, 2.24) is 10.2 Å². The van der Waals surface area contributed by atoms with Crippen molar-refractivity contribution >= 4 is 27.3 Å². The highest BCUT2D eigenvalue weighted by Gasteiger charge is 2.26. The van der Waals surface area contributed by atoms with E-state index < -0.39 is 10.0 Å². The second-order valence-corrected chi connectivity index (χ2v) is 9.16. The summed E-state index contributed by atoms with van der Waals surface area (Å²) in [6.07, 6.45) is 0.981. The molecule has 0 radical (unpaired) electrons. The molecule has 0 bridgehead atoms. The Kier molecular flexibility index (Phi) is 5.47. The Morgan fingerprint density at radius 1 is 1.35 bits per heavy atom. The molecule has 0 spiro atoms. The molecule has 2 heterocycles. The maximum absolute atomic E-state index is 12.5. The summed E-state index contributed by atoms with van der Waals surface area (Å²) >= 11 is 1.78.